The van der Waals surface area contributed by atoms with Gasteiger partial charge in [0, 0.05) is 12.6 Å². The third kappa shape index (κ3) is 2.76. The van der Waals surface area contributed by atoms with Gasteiger partial charge in [-0.3, -0.25) is 0 Å². The second-order valence-electron chi connectivity index (χ2n) is 4.12. The first kappa shape index (κ1) is 10.0. The fourth-order valence-corrected chi connectivity index (χ4v) is 2.26. The van der Waals surface area contributed by atoms with Crippen LogP contribution in [0.4, 0.5) is 0 Å². The van der Waals surface area contributed by atoms with Crippen LogP contribution in [0.3, 0.4) is 0 Å². The molecule has 1 rings (SSSR count). The summed E-state index contributed by atoms with van der Waals surface area (Å²) >= 11 is 0. The van der Waals surface area contributed by atoms with E-state index >= 15 is 0 Å². The first-order chi connectivity index (χ1) is 5.74. The molecular weight excluding hydrogens is 148 g/mol. The molecule has 0 aromatic heterocycles. The molecule has 0 bridgehead atoms. The van der Waals surface area contributed by atoms with E-state index in [9.17, 15) is 0 Å². The summed E-state index contributed by atoms with van der Waals surface area (Å²) in [6.45, 7) is 4.57. The molecule has 0 aliphatic heterocycles. The summed E-state index contributed by atoms with van der Waals surface area (Å²) in [6, 6.07) is 0.789. The summed E-state index contributed by atoms with van der Waals surface area (Å²) < 4.78 is 0. The molecular formula is C10H22N2. The van der Waals surface area contributed by atoms with Crippen LogP contribution in [0.15, 0.2) is 0 Å². The average Bonchev–Trinajstić information content (AvgIpc) is 2.37. The Kier molecular flexibility index (Phi) is 4.02. The van der Waals surface area contributed by atoms with E-state index in [1.54, 1.807) is 0 Å². The topological polar surface area (TPSA) is 15.3 Å². The molecule has 0 radical (unpaired) electrons. The predicted octanol–water partition coefficient (Wildman–Crippen LogP) is 1.33. The molecule has 72 valence electrons. The van der Waals surface area contributed by atoms with Crippen LogP contribution >= 0.6 is 0 Å². The van der Waals surface area contributed by atoms with Gasteiger partial charge in [0.2, 0.25) is 0 Å². The summed E-state index contributed by atoms with van der Waals surface area (Å²) in [6.07, 6.45) is 4.21. The zero-order valence-corrected chi connectivity index (χ0v) is 8.64. The van der Waals surface area contributed by atoms with Crippen molar-refractivity contribution in [2.75, 3.05) is 27.2 Å². The molecule has 0 aromatic rings. The zero-order valence-electron chi connectivity index (χ0n) is 8.64. The van der Waals surface area contributed by atoms with Gasteiger partial charge in [-0.2, -0.15) is 0 Å². The molecule has 0 spiro atoms. The van der Waals surface area contributed by atoms with Gasteiger partial charge in [-0.1, -0.05) is 13.3 Å². The van der Waals surface area contributed by atoms with Gasteiger partial charge in [-0.25, -0.2) is 0 Å². The van der Waals surface area contributed by atoms with Crippen molar-refractivity contribution in [3.63, 3.8) is 0 Å². The van der Waals surface area contributed by atoms with E-state index in [0.29, 0.717) is 0 Å². The van der Waals surface area contributed by atoms with Crippen LogP contribution in [0.1, 0.15) is 26.2 Å². The Bertz CT molecular complexity index is 123. The van der Waals surface area contributed by atoms with Crippen molar-refractivity contribution < 1.29 is 0 Å². The third-order valence-corrected chi connectivity index (χ3v) is 2.73. The Labute approximate surface area is 76.3 Å². The molecule has 0 amide bonds. The number of hydrogen-bond donors (Lipinski definition) is 1. The maximum atomic E-state index is 3.57. The molecule has 1 aliphatic carbocycles. The quantitative estimate of drug-likeness (QED) is 0.684. The summed E-state index contributed by atoms with van der Waals surface area (Å²) in [7, 11) is 4.34. The predicted molar refractivity (Wildman–Crippen MR) is 53.4 cm³/mol. The number of nitrogens with one attached hydrogen (secondary N) is 1. The van der Waals surface area contributed by atoms with Crippen molar-refractivity contribution in [2.45, 2.75) is 32.2 Å². The molecule has 2 heteroatoms. The van der Waals surface area contributed by atoms with E-state index in [1.807, 2.05) is 0 Å². The second-order valence-corrected chi connectivity index (χ2v) is 4.12. The van der Waals surface area contributed by atoms with E-state index in [1.165, 1.54) is 25.8 Å². The Morgan fingerprint density at radius 2 is 2.08 bits per heavy atom. The Balaban J connectivity index is 2.30. The highest BCUT2D eigenvalue weighted by Gasteiger charge is 2.26. The van der Waals surface area contributed by atoms with Gasteiger partial charge in [-0.15, -0.1) is 0 Å². The molecule has 1 aliphatic rings. The minimum atomic E-state index is 0.789. The summed E-state index contributed by atoms with van der Waals surface area (Å²) in [4.78, 5) is 2.31. The summed E-state index contributed by atoms with van der Waals surface area (Å²) in [5, 5.41) is 3.57. The molecule has 0 saturated heterocycles. The molecule has 1 fully saturated rings. The summed E-state index contributed by atoms with van der Waals surface area (Å²) in [5.74, 6) is 0.889. The molecule has 1 N–H and O–H groups in total. The molecule has 2 atom stereocenters. The lowest BCUT2D eigenvalue weighted by Gasteiger charge is -2.23. The first-order valence-corrected chi connectivity index (χ1v) is 5.12. The standard InChI is InChI=1S/C10H22N2/c1-4-11-10-7-5-6-9(10)8-12(2)3/h9-11H,4-8H2,1-3H3. The van der Waals surface area contributed by atoms with Crippen LogP contribution in [0.5, 0.6) is 0 Å². The van der Waals surface area contributed by atoms with Gasteiger partial charge in [0.05, 0.1) is 0 Å². The van der Waals surface area contributed by atoms with Crippen molar-refractivity contribution in [3.8, 4) is 0 Å². The number of rotatable bonds is 4. The Hall–Kier alpha value is -0.0800. The molecule has 0 heterocycles. The van der Waals surface area contributed by atoms with Crippen LogP contribution < -0.4 is 5.32 Å². The molecule has 2 unspecified atom stereocenters. The SMILES string of the molecule is CCNC1CCCC1CN(C)C. The second kappa shape index (κ2) is 4.83. The Morgan fingerprint density at radius 3 is 2.67 bits per heavy atom. The van der Waals surface area contributed by atoms with Gasteiger partial charge in [0.25, 0.3) is 0 Å². The van der Waals surface area contributed by atoms with Gasteiger partial charge < -0.3 is 10.2 Å². The van der Waals surface area contributed by atoms with E-state index in [2.05, 4.69) is 31.2 Å². The lowest BCUT2D eigenvalue weighted by molar-refractivity contribution is 0.289. The highest BCUT2D eigenvalue weighted by molar-refractivity contribution is 4.83. The maximum absolute atomic E-state index is 3.57. The lowest BCUT2D eigenvalue weighted by Crippen LogP contribution is -2.37. The highest BCUT2D eigenvalue weighted by Crippen LogP contribution is 2.25. The van der Waals surface area contributed by atoms with Crippen LogP contribution in [-0.2, 0) is 0 Å². The zero-order chi connectivity index (χ0) is 8.97. The van der Waals surface area contributed by atoms with Crippen molar-refractivity contribution in [2.24, 2.45) is 5.92 Å². The summed E-state index contributed by atoms with van der Waals surface area (Å²) in [5.41, 5.74) is 0. The molecule has 12 heavy (non-hydrogen) atoms. The van der Waals surface area contributed by atoms with Crippen molar-refractivity contribution in [3.05, 3.63) is 0 Å². The average molecular weight is 170 g/mol. The minimum absolute atomic E-state index is 0.789. The van der Waals surface area contributed by atoms with Crippen molar-refractivity contribution in [1.82, 2.24) is 10.2 Å². The van der Waals surface area contributed by atoms with E-state index in [-0.39, 0.29) is 0 Å². The molecule has 1 saturated carbocycles. The monoisotopic (exact) mass is 170 g/mol. The largest absolute Gasteiger partial charge is 0.314 e. The fraction of sp³-hybridized carbons (Fsp3) is 1.00. The minimum Gasteiger partial charge on any atom is -0.314 e. The molecule has 0 aromatic carbocycles. The van der Waals surface area contributed by atoms with Crippen LogP contribution in [0.2, 0.25) is 0 Å². The van der Waals surface area contributed by atoms with Crippen molar-refractivity contribution in [1.29, 1.82) is 0 Å². The lowest BCUT2D eigenvalue weighted by atomic mass is 10.0. The Morgan fingerprint density at radius 1 is 1.33 bits per heavy atom. The van der Waals surface area contributed by atoms with Gasteiger partial charge in [-0.05, 0) is 39.4 Å². The first-order valence-electron chi connectivity index (χ1n) is 5.12. The maximum Gasteiger partial charge on any atom is 0.0107 e. The van der Waals surface area contributed by atoms with Gasteiger partial charge in [0.1, 0.15) is 0 Å². The fourth-order valence-electron chi connectivity index (χ4n) is 2.26. The normalized spacial score (nSPS) is 30.0. The number of hydrogen-bond acceptors (Lipinski definition) is 2. The van der Waals surface area contributed by atoms with E-state index in [4.69, 9.17) is 0 Å². The van der Waals surface area contributed by atoms with Crippen LogP contribution in [0, 0.1) is 5.92 Å². The highest BCUT2D eigenvalue weighted by atomic mass is 15.1. The van der Waals surface area contributed by atoms with Gasteiger partial charge in [0.15, 0.2) is 0 Å². The van der Waals surface area contributed by atoms with Crippen LogP contribution in [-0.4, -0.2) is 38.1 Å². The molecule has 2 nitrogen and oxygen atoms in total. The number of nitrogens with zero attached hydrogens (tertiary/aromatic N) is 1. The van der Waals surface area contributed by atoms with E-state index in [0.717, 1.165) is 18.5 Å². The smallest absolute Gasteiger partial charge is 0.0107 e. The van der Waals surface area contributed by atoms with Crippen LogP contribution in [0.25, 0.3) is 0 Å². The third-order valence-electron chi connectivity index (χ3n) is 2.73. The van der Waals surface area contributed by atoms with Gasteiger partial charge >= 0.3 is 0 Å². The van der Waals surface area contributed by atoms with E-state index < -0.39 is 0 Å². The van der Waals surface area contributed by atoms with Crippen molar-refractivity contribution >= 4 is 0 Å².